The van der Waals surface area contributed by atoms with Gasteiger partial charge in [-0.2, -0.15) is 4.98 Å². The van der Waals surface area contributed by atoms with Crippen LogP contribution in [0.1, 0.15) is 12.1 Å². The molecule has 22 heavy (non-hydrogen) atoms. The van der Waals surface area contributed by atoms with E-state index in [0.717, 1.165) is 0 Å². The smallest absolute Gasteiger partial charge is 0.352 e. The zero-order chi connectivity index (χ0) is 15.7. The van der Waals surface area contributed by atoms with Crippen LogP contribution in [0.4, 0.5) is 5.82 Å². The van der Waals surface area contributed by atoms with E-state index in [4.69, 9.17) is 10.5 Å². The summed E-state index contributed by atoms with van der Waals surface area (Å²) in [6, 6.07) is 6.64. The third kappa shape index (κ3) is 2.27. The number of hydrogen-bond donors (Lipinski definition) is 3. The Hall–Kier alpha value is -2.29. The van der Waals surface area contributed by atoms with E-state index in [1.807, 2.05) is 0 Å². The molecule has 0 aromatic carbocycles. The molecule has 0 aliphatic carbocycles. The first-order valence-corrected chi connectivity index (χ1v) is 6.81. The minimum absolute atomic E-state index is 0.0702. The molecule has 8 nitrogen and oxygen atoms in total. The number of hydrogen-bond acceptors (Lipinski definition) is 7. The molecule has 2 aromatic rings. The maximum Gasteiger partial charge on any atom is 0.352 e. The van der Waals surface area contributed by atoms with Crippen molar-refractivity contribution in [3.63, 3.8) is 0 Å². The van der Waals surface area contributed by atoms with Gasteiger partial charge in [0.1, 0.15) is 11.9 Å². The molecule has 3 atom stereocenters. The Morgan fingerprint density at radius 2 is 2.27 bits per heavy atom. The Labute approximate surface area is 125 Å². The highest BCUT2D eigenvalue weighted by Gasteiger charge is 2.50. The van der Waals surface area contributed by atoms with E-state index in [9.17, 15) is 15.0 Å². The van der Waals surface area contributed by atoms with Crippen LogP contribution in [0.2, 0.25) is 0 Å². The zero-order valence-electron chi connectivity index (χ0n) is 11.7. The molecule has 1 aliphatic rings. The fraction of sp³-hybridized carbons (Fsp3) is 0.357. The summed E-state index contributed by atoms with van der Waals surface area (Å²) in [7, 11) is 0. The van der Waals surface area contributed by atoms with Crippen LogP contribution in [0.25, 0.3) is 0 Å². The van der Waals surface area contributed by atoms with Crippen LogP contribution >= 0.6 is 0 Å². The second-order valence-electron chi connectivity index (χ2n) is 5.11. The number of nitrogens with zero attached hydrogens (tertiary/aromatic N) is 3. The van der Waals surface area contributed by atoms with Crippen molar-refractivity contribution in [1.29, 1.82) is 0 Å². The highest BCUT2D eigenvalue weighted by atomic mass is 16.6. The molecule has 2 aromatic heterocycles. The lowest BCUT2D eigenvalue weighted by Gasteiger charge is -2.30. The molecule has 0 radical (unpaired) electrons. The van der Waals surface area contributed by atoms with Crippen LogP contribution in [0, 0.1) is 0 Å². The van der Waals surface area contributed by atoms with E-state index in [-0.39, 0.29) is 18.8 Å². The highest BCUT2D eigenvalue weighted by Crippen LogP contribution is 2.39. The van der Waals surface area contributed by atoms with Gasteiger partial charge in [0.2, 0.25) is 0 Å². The Kier molecular flexibility index (Phi) is 3.65. The van der Waals surface area contributed by atoms with Gasteiger partial charge in [-0.15, -0.1) is 0 Å². The molecule has 3 rings (SSSR count). The summed E-state index contributed by atoms with van der Waals surface area (Å²) in [6.45, 7) is -0.368. The highest BCUT2D eigenvalue weighted by molar-refractivity contribution is 5.26. The molecule has 8 heteroatoms. The first-order chi connectivity index (χ1) is 10.6. The number of nitrogen functional groups attached to an aromatic ring is 1. The molecule has 4 N–H and O–H groups in total. The van der Waals surface area contributed by atoms with Crippen LogP contribution in [0.5, 0.6) is 0 Å². The van der Waals surface area contributed by atoms with Crippen molar-refractivity contribution in [1.82, 2.24) is 14.5 Å². The number of ether oxygens (including phenoxy) is 1. The molecular weight excluding hydrogens is 288 g/mol. The predicted octanol–water partition coefficient (Wildman–Crippen LogP) is -0.936. The van der Waals surface area contributed by atoms with E-state index in [1.54, 1.807) is 24.4 Å². The zero-order valence-corrected chi connectivity index (χ0v) is 11.7. The molecule has 1 aliphatic heterocycles. The van der Waals surface area contributed by atoms with Crippen molar-refractivity contribution < 1.29 is 14.9 Å². The maximum absolute atomic E-state index is 12.2. The van der Waals surface area contributed by atoms with E-state index >= 15 is 0 Å². The fourth-order valence-electron chi connectivity index (χ4n) is 2.68. The molecule has 1 fully saturated rings. The number of aliphatic hydroxyl groups excluding tert-OH is 2. The summed E-state index contributed by atoms with van der Waals surface area (Å²) >= 11 is 0. The average molecular weight is 304 g/mol. The van der Waals surface area contributed by atoms with E-state index in [1.165, 1.54) is 16.8 Å². The second-order valence-corrected chi connectivity index (χ2v) is 5.11. The Morgan fingerprint density at radius 1 is 1.45 bits per heavy atom. The van der Waals surface area contributed by atoms with Gasteiger partial charge in [-0.3, -0.25) is 9.55 Å². The van der Waals surface area contributed by atoms with Crippen molar-refractivity contribution in [2.24, 2.45) is 0 Å². The van der Waals surface area contributed by atoms with Crippen molar-refractivity contribution in [2.45, 2.75) is 24.4 Å². The summed E-state index contributed by atoms with van der Waals surface area (Å²) in [4.78, 5) is 20.2. The van der Waals surface area contributed by atoms with E-state index in [2.05, 4.69) is 9.97 Å². The maximum atomic E-state index is 12.2. The molecular formula is C14H16N4O4. The van der Waals surface area contributed by atoms with Crippen molar-refractivity contribution in [2.75, 3.05) is 12.3 Å². The fourth-order valence-corrected chi connectivity index (χ4v) is 2.68. The van der Waals surface area contributed by atoms with Gasteiger partial charge < -0.3 is 20.7 Å². The largest absolute Gasteiger partial charge is 0.394 e. The van der Waals surface area contributed by atoms with Gasteiger partial charge in [-0.05, 0) is 18.2 Å². The lowest BCUT2D eigenvalue weighted by Crippen LogP contribution is -2.44. The SMILES string of the molecule is Nc1ccn([C@@]2(c3ccccn3)C[C@H](O)[C@@H](CO)O2)c(=O)n1. The first-order valence-electron chi connectivity index (χ1n) is 6.81. The first kappa shape index (κ1) is 14.6. The molecule has 0 spiro atoms. The standard InChI is InChI=1S/C14H16N4O4/c15-12-4-6-18(13(21)17-12)14(11-3-1-2-5-16-11)7-9(20)10(8-19)22-14/h1-6,9-10,19-20H,7-8H2,(H2,15,17,21)/t9-,10+,14-/m0/s1. The number of aliphatic hydroxyl groups is 2. The van der Waals surface area contributed by atoms with Crippen LogP contribution in [0.15, 0.2) is 41.5 Å². The molecule has 0 saturated carbocycles. The monoisotopic (exact) mass is 304 g/mol. The topological polar surface area (TPSA) is 123 Å². The minimum atomic E-state index is -1.33. The van der Waals surface area contributed by atoms with Gasteiger partial charge in [-0.1, -0.05) is 6.07 Å². The van der Waals surface area contributed by atoms with Crippen LogP contribution < -0.4 is 11.4 Å². The van der Waals surface area contributed by atoms with Crippen molar-refractivity contribution in [3.05, 3.63) is 52.8 Å². The summed E-state index contributed by atoms with van der Waals surface area (Å²) in [5, 5.41) is 19.5. The van der Waals surface area contributed by atoms with Gasteiger partial charge in [0.15, 0.2) is 5.72 Å². The third-order valence-electron chi connectivity index (χ3n) is 3.72. The van der Waals surface area contributed by atoms with E-state index < -0.39 is 23.6 Å². The quantitative estimate of drug-likeness (QED) is 0.669. The van der Waals surface area contributed by atoms with Gasteiger partial charge in [0.05, 0.1) is 18.4 Å². The summed E-state index contributed by atoms with van der Waals surface area (Å²) in [5.74, 6) is 0.0923. The van der Waals surface area contributed by atoms with Gasteiger partial charge in [-0.25, -0.2) is 4.79 Å². The Bertz CT molecular complexity index is 720. The molecule has 0 bridgehead atoms. The van der Waals surface area contributed by atoms with Crippen LogP contribution in [-0.4, -0.2) is 43.6 Å². The lowest BCUT2D eigenvalue weighted by atomic mass is 10.0. The summed E-state index contributed by atoms with van der Waals surface area (Å²) in [5.41, 5.74) is 4.02. The average Bonchev–Trinajstić information content (AvgIpc) is 2.86. The number of aromatic nitrogens is 3. The number of pyridine rings is 1. The molecule has 3 heterocycles. The minimum Gasteiger partial charge on any atom is -0.394 e. The van der Waals surface area contributed by atoms with Crippen LogP contribution in [0.3, 0.4) is 0 Å². The van der Waals surface area contributed by atoms with Crippen molar-refractivity contribution >= 4 is 5.82 Å². The number of anilines is 1. The normalized spacial score (nSPS) is 27.9. The summed E-state index contributed by atoms with van der Waals surface area (Å²) in [6.07, 6.45) is 1.34. The number of rotatable bonds is 3. The molecule has 1 saturated heterocycles. The van der Waals surface area contributed by atoms with Gasteiger partial charge in [0.25, 0.3) is 0 Å². The Morgan fingerprint density at radius 3 is 2.86 bits per heavy atom. The van der Waals surface area contributed by atoms with Crippen LogP contribution in [-0.2, 0) is 10.5 Å². The third-order valence-corrected chi connectivity index (χ3v) is 3.72. The van der Waals surface area contributed by atoms with Gasteiger partial charge in [0, 0.05) is 18.8 Å². The molecule has 0 unspecified atom stereocenters. The molecule has 0 amide bonds. The predicted molar refractivity (Wildman–Crippen MR) is 76.8 cm³/mol. The van der Waals surface area contributed by atoms with Crippen molar-refractivity contribution in [3.8, 4) is 0 Å². The lowest BCUT2D eigenvalue weighted by molar-refractivity contribution is -0.0958. The Balaban J connectivity index is 2.19. The second kappa shape index (κ2) is 5.48. The van der Waals surface area contributed by atoms with E-state index in [0.29, 0.717) is 5.69 Å². The molecule has 116 valence electrons. The summed E-state index contributed by atoms with van der Waals surface area (Å²) < 4.78 is 7.06. The number of nitrogens with two attached hydrogens (primary N) is 1. The van der Waals surface area contributed by atoms with Gasteiger partial charge >= 0.3 is 5.69 Å².